The van der Waals surface area contributed by atoms with E-state index in [0.717, 1.165) is 11.3 Å². The summed E-state index contributed by atoms with van der Waals surface area (Å²) in [6, 6.07) is 12.4. The minimum atomic E-state index is -0.372. The third kappa shape index (κ3) is 4.07. The number of fused-ring (bicyclic) bond motifs is 1. The first-order valence-electron chi connectivity index (χ1n) is 8.72. The van der Waals surface area contributed by atoms with Crippen molar-refractivity contribution in [2.24, 2.45) is 0 Å². The number of anilines is 1. The molecule has 2 aliphatic heterocycles. The van der Waals surface area contributed by atoms with Crippen LogP contribution in [0.3, 0.4) is 0 Å². The number of hydrogen-bond acceptors (Lipinski definition) is 6. The van der Waals surface area contributed by atoms with E-state index >= 15 is 0 Å². The molecule has 0 unspecified atom stereocenters. The molecule has 0 saturated heterocycles. The Labute approximate surface area is 166 Å². The van der Waals surface area contributed by atoms with Crippen LogP contribution in [0.4, 0.5) is 5.69 Å². The van der Waals surface area contributed by atoms with Crippen molar-refractivity contribution in [1.82, 2.24) is 5.32 Å². The van der Waals surface area contributed by atoms with E-state index < -0.39 is 0 Å². The Bertz CT molecular complexity index is 944. The SMILES string of the molecule is O=C(Nc1ccccc1C(=O)NCc1ccc2c(c1)OCO2)C1=CSCCO1. The van der Waals surface area contributed by atoms with Gasteiger partial charge in [0.15, 0.2) is 17.3 Å². The van der Waals surface area contributed by atoms with Crippen LogP contribution in [0, 0.1) is 0 Å². The standard InChI is InChI=1S/C20H18N2O5S/c23-19(21-10-13-5-6-16-17(9-13)27-12-26-16)14-3-1-2-4-15(14)22-20(24)18-11-28-8-7-25-18/h1-6,9,11H,7-8,10,12H2,(H,21,23)(H,22,24). The summed E-state index contributed by atoms with van der Waals surface area (Å²) < 4.78 is 16.0. The topological polar surface area (TPSA) is 85.9 Å². The maximum atomic E-state index is 12.7. The lowest BCUT2D eigenvalue weighted by atomic mass is 10.1. The monoisotopic (exact) mass is 398 g/mol. The zero-order valence-corrected chi connectivity index (χ0v) is 15.7. The molecule has 2 amide bonds. The highest BCUT2D eigenvalue weighted by Crippen LogP contribution is 2.32. The molecule has 0 bridgehead atoms. The molecular weight excluding hydrogens is 380 g/mol. The van der Waals surface area contributed by atoms with Crippen LogP contribution in [0.2, 0.25) is 0 Å². The van der Waals surface area contributed by atoms with Crippen molar-refractivity contribution in [3.8, 4) is 11.5 Å². The van der Waals surface area contributed by atoms with Gasteiger partial charge < -0.3 is 24.8 Å². The number of para-hydroxylation sites is 1. The Balaban J connectivity index is 1.43. The summed E-state index contributed by atoms with van der Waals surface area (Å²) in [5.74, 6) is 1.77. The second kappa shape index (κ2) is 8.26. The van der Waals surface area contributed by atoms with E-state index in [1.807, 2.05) is 18.2 Å². The highest BCUT2D eigenvalue weighted by atomic mass is 32.2. The van der Waals surface area contributed by atoms with Crippen LogP contribution in [-0.2, 0) is 16.1 Å². The van der Waals surface area contributed by atoms with Crippen LogP contribution < -0.4 is 20.1 Å². The molecule has 144 valence electrons. The Morgan fingerprint density at radius 2 is 1.86 bits per heavy atom. The van der Waals surface area contributed by atoms with Gasteiger partial charge in [-0.3, -0.25) is 9.59 Å². The third-order valence-corrected chi connectivity index (χ3v) is 4.97. The molecule has 0 saturated carbocycles. The lowest BCUT2D eigenvalue weighted by molar-refractivity contribution is -0.116. The number of nitrogens with one attached hydrogen (secondary N) is 2. The fourth-order valence-electron chi connectivity index (χ4n) is 2.79. The average molecular weight is 398 g/mol. The van der Waals surface area contributed by atoms with Crippen molar-refractivity contribution in [1.29, 1.82) is 0 Å². The van der Waals surface area contributed by atoms with E-state index in [4.69, 9.17) is 14.2 Å². The van der Waals surface area contributed by atoms with E-state index in [0.29, 0.717) is 35.9 Å². The molecule has 2 heterocycles. The molecule has 2 aromatic rings. The van der Waals surface area contributed by atoms with Crippen LogP contribution in [0.5, 0.6) is 11.5 Å². The summed E-state index contributed by atoms with van der Waals surface area (Å²) in [5, 5.41) is 7.30. The van der Waals surface area contributed by atoms with Gasteiger partial charge in [-0.25, -0.2) is 0 Å². The van der Waals surface area contributed by atoms with Gasteiger partial charge in [-0.15, -0.1) is 11.8 Å². The number of thioether (sulfide) groups is 1. The van der Waals surface area contributed by atoms with E-state index in [2.05, 4.69) is 10.6 Å². The molecule has 0 atom stereocenters. The van der Waals surface area contributed by atoms with Crippen molar-refractivity contribution < 1.29 is 23.8 Å². The van der Waals surface area contributed by atoms with Gasteiger partial charge in [0.2, 0.25) is 6.79 Å². The summed E-state index contributed by atoms with van der Waals surface area (Å²) >= 11 is 1.52. The van der Waals surface area contributed by atoms with E-state index in [-0.39, 0.29) is 24.4 Å². The van der Waals surface area contributed by atoms with Gasteiger partial charge in [-0.1, -0.05) is 18.2 Å². The zero-order chi connectivity index (χ0) is 19.3. The lowest BCUT2D eigenvalue weighted by Crippen LogP contribution is -2.25. The van der Waals surface area contributed by atoms with Crippen LogP contribution in [0.1, 0.15) is 15.9 Å². The summed E-state index contributed by atoms with van der Waals surface area (Å²) in [4.78, 5) is 25.0. The molecule has 2 N–H and O–H groups in total. The molecule has 8 heteroatoms. The van der Waals surface area contributed by atoms with Crippen molar-refractivity contribution in [2.75, 3.05) is 24.5 Å². The molecule has 7 nitrogen and oxygen atoms in total. The van der Waals surface area contributed by atoms with Gasteiger partial charge in [0.1, 0.15) is 0 Å². The quantitative estimate of drug-likeness (QED) is 0.806. The van der Waals surface area contributed by atoms with E-state index in [9.17, 15) is 9.59 Å². The molecule has 4 rings (SSSR count). The minimum Gasteiger partial charge on any atom is -0.487 e. The van der Waals surface area contributed by atoms with Gasteiger partial charge in [0.05, 0.1) is 17.9 Å². The fraction of sp³-hybridized carbons (Fsp3) is 0.200. The Morgan fingerprint density at radius 1 is 1.00 bits per heavy atom. The minimum absolute atomic E-state index is 0.205. The molecule has 2 aliphatic rings. The summed E-state index contributed by atoms with van der Waals surface area (Å²) in [6.07, 6.45) is 0. The van der Waals surface area contributed by atoms with Crippen molar-refractivity contribution in [3.05, 3.63) is 64.8 Å². The van der Waals surface area contributed by atoms with Crippen LogP contribution >= 0.6 is 11.8 Å². The molecule has 0 aromatic heterocycles. The lowest BCUT2D eigenvalue weighted by Gasteiger charge is -2.15. The number of amides is 2. The predicted octanol–water partition coefficient (Wildman–Crippen LogP) is 2.89. The second-order valence-corrected chi connectivity index (χ2v) is 7.05. The largest absolute Gasteiger partial charge is 0.487 e. The molecule has 0 radical (unpaired) electrons. The zero-order valence-electron chi connectivity index (χ0n) is 14.9. The molecule has 28 heavy (non-hydrogen) atoms. The third-order valence-electron chi connectivity index (χ3n) is 4.18. The van der Waals surface area contributed by atoms with Crippen LogP contribution in [0.25, 0.3) is 0 Å². The average Bonchev–Trinajstić information content (AvgIpc) is 3.21. The van der Waals surface area contributed by atoms with Gasteiger partial charge in [-0.05, 0) is 29.8 Å². The number of carbonyl (C=O) groups excluding carboxylic acids is 2. The maximum Gasteiger partial charge on any atom is 0.291 e. The van der Waals surface area contributed by atoms with Crippen molar-refractivity contribution in [3.63, 3.8) is 0 Å². The smallest absolute Gasteiger partial charge is 0.291 e. The second-order valence-electron chi connectivity index (χ2n) is 6.07. The summed E-state index contributed by atoms with van der Waals surface area (Å²) in [6.45, 7) is 1.01. The molecule has 2 aromatic carbocycles. The number of benzene rings is 2. The van der Waals surface area contributed by atoms with Crippen LogP contribution in [0.15, 0.2) is 53.6 Å². The number of hydrogen-bond donors (Lipinski definition) is 2. The maximum absolute atomic E-state index is 12.7. The van der Waals surface area contributed by atoms with Gasteiger partial charge in [-0.2, -0.15) is 0 Å². The first-order valence-corrected chi connectivity index (χ1v) is 9.77. The Kier molecular flexibility index (Phi) is 5.38. The normalized spacial score (nSPS) is 14.6. The highest BCUT2D eigenvalue weighted by Gasteiger charge is 2.18. The summed E-state index contributed by atoms with van der Waals surface area (Å²) in [7, 11) is 0. The molecule has 0 spiro atoms. The van der Waals surface area contributed by atoms with Gasteiger partial charge >= 0.3 is 0 Å². The fourth-order valence-corrected chi connectivity index (χ4v) is 3.41. The predicted molar refractivity (Wildman–Crippen MR) is 105 cm³/mol. The highest BCUT2D eigenvalue weighted by molar-refractivity contribution is 8.02. The first-order chi connectivity index (χ1) is 13.7. The first kappa shape index (κ1) is 18.2. The van der Waals surface area contributed by atoms with E-state index in [1.165, 1.54) is 11.8 Å². The Morgan fingerprint density at radius 3 is 2.71 bits per heavy atom. The van der Waals surface area contributed by atoms with Crippen molar-refractivity contribution >= 4 is 29.3 Å². The van der Waals surface area contributed by atoms with Gasteiger partial charge in [0, 0.05) is 17.7 Å². The van der Waals surface area contributed by atoms with E-state index in [1.54, 1.807) is 29.7 Å². The number of rotatable bonds is 5. The molecular formula is C20H18N2O5S. The van der Waals surface area contributed by atoms with Crippen molar-refractivity contribution in [2.45, 2.75) is 6.54 Å². The van der Waals surface area contributed by atoms with Crippen LogP contribution in [-0.4, -0.2) is 31.0 Å². The Hall–Kier alpha value is -3.13. The molecule has 0 fully saturated rings. The molecule has 0 aliphatic carbocycles. The number of carbonyl (C=O) groups is 2. The van der Waals surface area contributed by atoms with Gasteiger partial charge in [0.25, 0.3) is 11.8 Å². The number of ether oxygens (including phenoxy) is 3. The summed E-state index contributed by atoms with van der Waals surface area (Å²) in [5.41, 5.74) is 1.69.